The second-order valence-electron chi connectivity index (χ2n) is 7.65. The number of fused-ring (bicyclic) bond motifs is 1. The fourth-order valence-corrected chi connectivity index (χ4v) is 3.66. The van der Waals surface area contributed by atoms with E-state index in [2.05, 4.69) is 28.7 Å². The minimum Gasteiger partial charge on any atom is -0.493 e. The summed E-state index contributed by atoms with van der Waals surface area (Å²) in [5, 5.41) is 2.94. The van der Waals surface area contributed by atoms with E-state index in [4.69, 9.17) is 4.74 Å². The van der Waals surface area contributed by atoms with Gasteiger partial charge in [-0.15, -0.1) is 0 Å². The predicted molar refractivity (Wildman–Crippen MR) is 115 cm³/mol. The van der Waals surface area contributed by atoms with Crippen molar-refractivity contribution in [1.82, 2.24) is 9.55 Å². The van der Waals surface area contributed by atoms with Crippen molar-refractivity contribution in [3.8, 4) is 17.1 Å². The number of rotatable bonds is 6. The molecule has 1 aromatic heterocycles. The molecule has 0 fully saturated rings. The molecule has 0 bridgehead atoms. The molecule has 1 N–H and O–H groups in total. The summed E-state index contributed by atoms with van der Waals surface area (Å²) < 4.78 is 8.01. The number of carbonyl (C=O) groups is 1. The third-order valence-corrected chi connectivity index (χ3v) is 5.51. The monoisotopic (exact) mass is 389 g/mol. The van der Waals surface area contributed by atoms with Crippen LogP contribution in [0.1, 0.15) is 36.1 Å². The van der Waals surface area contributed by atoms with Gasteiger partial charge in [0.05, 0.1) is 13.0 Å². The third kappa shape index (κ3) is 4.50. The van der Waals surface area contributed by atoms with Gasteiger partial charge in [-0.3, -0.25) is 4.79 Å². The summed E-state index contributed by atoms with van der Waals surface area (Å²) in [7, 11) is 0. The Labute approximate surface area is 171 Å². The van der Waals surface area contributed by atoms with E-state index in [1.165, 1.54) is 29.7 Å². The van der Waals surface area contributed by atoms with Crippen molar-refractivity contribution < 1.29 is 9.53 Å². The van der Waals surface area contributed by atoms with Crippen LogP contribution in [0, 0.1) is 13.8 Å². The molecule has 1 aliphatic heterocycles. The van der Waals surface area contributed by atoms with Gasteiger partial charge in [-0.2, -0.15) is 0 Å². The highest BCUT2D eigenvalue weighted by atomic mass is 16.5. The summed E-state index contributed by atoms with van der Waals surface area (Å²) in [6.07, 6.45) is 5.84. The highest BCUT2D eigenvalue weighted by Crippen LogP contribution is 2.25. The summed E-state index contributed by atoms with van der Waals surface area (Å²) in [4.78, 5) is 16.8. The van der Waals surface area contributed by atoms with Gasteiger partial charge >= 0.3 is 0 Å². The topological polar surface area (TPSA) is 56.1 Å². The van der Waals surface area contributed by atoms with Gasteiger partial charge in [0.25, 0.3) is 0 Å². The molecule has 2 heterocycles. The Bertz CT molecular complexity index is 1010. The maximum atomic E-state index is 12.2. The van der Waals surface area contributed by atoms with Gasteiger partial charge in [-0.05, 0) is 80.6 Å². The Kier molecular flexibility index (Phi) is 5.65. The van der Waals surface area contributed by atoms with Gasteiger partial charge in [0.1, 0.15) is 11.6 Å². The first-order valence-electron chi connectivity index (χ1n) is 10.2. The van der Waals surface area contributed by atoms with Crippen LogP contribution in [0.3, 0.4) is 0 Å². The Morgan fingerprint density at radius 1 is 1.10 bits per heavy atom. The number of anilines is 1. The number of aromatic nitrogens is 2. The van der Waals surface area contributed by atoms with Crippen LogP contribution in [-0.4, -0.2) is 22.1 Å². The smallest absolute Gasteiger partial charge is 0.227 e. The maximum Gasteiger partial charge on any atom is 0.227 e. The van der Waals surface area contributed by atoms with Gasteiger partial charge in [-0.25, -0.2) is 4.98 Å². The minimum atomic E-state index is -0.0558. The van der Waals surface area contributed by atoms with Crippen LogP contribution in [0.2, 0.25) is 0 Å². The number of imidazole rings is 1. The molecule has 5 nitrogen and oxygen atoms in total. The molecule has 150 valence electrons. The fourth-order valence-electron chi connectivity index (χ4n) is 3.66. The van der Waals surface area contributed by atoms with Gasteiger partial charge in [0.15, 0.2) is 0 Å². The Balaban J connectivity index is 1.31. The Morgan fingerprint density at radius 2 is 1.93 bits per heavy atom. The lowest BCUT2D eigenvalue weighted by Crippen LogP contribution is -2.15. The van der Waals surface area contributed by atoms with Crippen LogP contribution in [-0.2, 0) is 17.8 Å². The first kappa shape index (κ1) is 19.2. The molecular formula is C24H27N3O2. The molecule has 3 aromatic rings. The number of ether oxygens (including phenoxy) is 1. The first-order valence-corrected chi connectivity index (χ1v) is 10.2. The molecule has 5 heteroatoms. The summed E-state index contributed by atoms with van der Waals surface area (Å²) in [5.74, 6) is 1.76. The number of aryl methyl sites for hydroxylation is 3. The maximum absolute atomic E-state index is 12.2. The summed E-state index contributed by atoms with van der Waals surface area (Å²) >= 11 is 0. The van der Waals surface area contributed by atoms with Crippen molar-refractivity contribution in [2.45, 2.75) is 46.1 Å². The highest BCUT2D eigenvalue weighted by Gasteiger charge is 2.15. The molecule has 0 atom stereocenters. The van der Waals surface area contributed by atoms with Gasteiger partial charge in [0.2, 0.25) is 5.91 Å². The second kappa shape index (κ2) is 8.52. The largest absolute Gasteiger partial charge is 0.493 e. The van der Waals surface area contributed by atoms with Crippen molar-refractivity contribution in [3.63, 3.8) is 0 Å². The first-order chi connectivity index (χ1) is 14.1. The number of carbonyl (C=O) groups excluding carboxylic acids is 1. The van der Waals surface area contributed by atoms with E-state index >= 15 is 0 Å². The lowest BCUT2D eigenvalue weighted by Gasteiger charge is -2.16. The number of hydrogen-bond donors (Lipinski definition) is 1. The molecule has 0 aliphatic carbocycles. The van der Waals surface area contributed by atoms with Crippen molar-refractivity contribution in [3.05, 3.63) is 65.5 Å². The minimum absolute atomic E-state index is 0.0558. The molecule has 0 radical (unpaired) electrons. The van der Waals surface area contributed by atoms with E-state index in [-0.39, 0.29) is 5.91 Å². The fraction of sp³-hybridized carbons (Fsp3) is 0.333. The molecule has 0 spiro atoms. The van der Waals surface area contributed by atoms with Crippen LogP contribution >= 0.6 is 0 Å². The van der Waals surface area contributed by atoms with Crippen LogP contribution in [0.25, 0.3) is 11.4 Å². The number of nitrogens with zero attached hydrogens (tertiary/aromatic N) is 2. The molecule has 1 amide bonds. The second-order valence-corrected chi connectivity index (χ2v) is 7.65. The van der Waals surface area contributed by atoms with E-state index in [1.807, 2.05) is 48.7 Å². The number of amides is 1. The quantitative estimate of drug-likeness (QED) is 0.652. The van der Waals surface area contributed by atoms with Crippen LogP contribution in [0.15, 0.2) is 48.7 Å². The number of benzene rings is 2. The lowest BCUT2D eigenvalue weighted by molar-refractivity contribution is -0.116. The van der Waals surface area contributed by atoms with E-state index in [1.54, 1.807) is 0 Å². The summed E-state index contributed by atoms with van der Waals surface area (Å²) in [6.45, 7) is 5.51. The zero-order valence-corrected chi connectivity index (χ0v) is 17.1. The van der Waals surface area contributed by atoms with Crippen molar-refractivity contribution >= 4 is 11.6 Å². The standard InChI is InChI=1S/C24H27N3O2/c1-17-6-11-22(15-18(17)2)29-14-12-23(28)26-20-9-7-19(8-10-20)24-25-16-21-5-3-4-13-27(21)24/h6-11,15-16H,3-5,12-14H2,1-2H3,(H,26,28). The lowest BCUT2D eigenvalue weighted by atomic mass is 10.1. The van der Waals surface area contributed by atoms with Crippen LogP contribution in [0.4, 0.5) is 5.69 Å². The zero-order valence-electron chi connectivity index (χ0n) is 17.1. The number of hydrogen-bond acceptors (Lipinski definition) is 3. The average molecular weight is 389 g/mol. The van der Waals surface area contributed by atoms with Crippen molar-refractivity contribution in [2.24, 2.45) is 0 Å². The SMILES string of the molecule is Cc1ccc(OCCC(=O)Nc2ccc(-c3ncc4n3CCCC4)cc2)cc1C. The zero-order chi connectivity index (χ0) is 20.2. The third-order valence-electron chi connectivity index (χ3n) is 5.51. The van der Waals surface area contributed by atoms with E-state index in [9.17, 15) is 4.79 Å². The highest BCUT2D eigenvalue weighted by molar-refractivity contribution is 5.91. The summed E-state index contributed by atoms with van der Waals surface area (Å²) in [5.41, 5.74) is 5.59. The predicted octanol–water partition coefficient (Wildman–Crippen LogP) is 4.91. The molecular weight excluding hydrogens is 362 g/mol. The van der Waals surface area contributed by atoms with Crippen LogP contribution < -0.4 is 10.1 Å². The summed E-state index contributed by atoms with van der Waals surface area (Å²) in [6, 6.07) is 13.9. The molecule has 0 saturated carbocycles. The average Bonchev–Trinajstić information content (AvgIpc) is 3.15. The van der Waals surface area contributed by atoms with E-state index in [0.29, 0.717) is 13.0 Å². The van der Waals surface area contributed by atoms with E-state index in [0.717, 1.165) is 35.8 Å². The van der Waals surface area contributed by atoms with E-state index < -0.39 is 0 Å². The number of nitrogens with one attached hydrogen (secondary N) is 1. The molecule has 0 saturated heterocycles. The molecule has 2 aromatic carbocycles. The van der Waals surface area contributed by atoms with Crippen molar-refractivity contribution in [1.29, 1.82) is 0 Å². The van der Waals surface area contributed by atoms with Gasteiger partial charge in [-0.1, -0.05) is 6.07 Å². The normalized spacial score (nSPS) is 13.0. The molecule has 1 aliphatic rings. The van der Waals surface area contributed by atoms with Crippen LogP contribution in [0.5, 0.6) is 5.75 Å². The molecule has 0 unspecified atom stereocenters. The van der Waals surface area contributed by atoms with Gasteiger partial charge in [0, 0.05) is 29.7 Å². The van der Waals surface area contributed by atoms with Gasteiger partial charge < -0.3 is 14.6 Å². The molecule has 29 heavy (non-hydrogen) atoms. The molecule has 4 rings (SSSR count). The Morgan fingerprint density at radius 3 is 2.72 bits per heavy atom. The Hall–Kier alpha value is -3.08. The van der Waals surface area contributed by atoms with Crippen molar-refractivity contribution in [2.75, 3.05) is 11.9 Å².